The molecule has 7 heteroatoms. The van der Waals surface area contributed by atoms with Gasteiger partial charge in [-0.05, 0) is 55.7 Å². The summed E-state index contributed by atoms with van der Waals surface area (Å²) in [7, 11) is 1.57. The van der Waals surface area contributed by atoms with Crippen molar-refractivity contribution in [1.82, 2.24) is 15.0 Å². The number of hydrogen-bond acceptors (Lipinski definition) is 6. The number of furan rings is 1. The summed E-state index contributed by atoms with van der Waals surface area (Å²) in [6.07, 6.45) is 3.07. The van der Waals surface area contributed by atoms with Gasteiger partial charge in [0, 0.05) is 10.9 Å². The first kappa shape index (κ1) is 17.8. The van der Waals surface area contributed by atoms with E-state index in [-0.39, 0.29) is 23.0 Å². The number of rotatable bonds is 4. The number of ketones is 1. The number of fused-ring (bicyclic) bond motifs is 1. The molecule has 142 valence electrons. The number of aromatic hydroxyl groups is 1. The van der Waals surface area contributed by atoms with Crippen molar-refractivity contribution >= 4 is 16.8 Å². The number of phenols is 1. The molecular formula is C21H19N3O4. The molecule has 4 aromatic rings. The number of methoxy groups -OCH3 is 1. The van der Waals surface area contributed by atoms with Gasteiger partial charge in [-0.25, -0.2) is 0 Å². The van der Waals surface area contributed by atoms with Gasteiger partial charge in [-0.2, -0.15) is 4.68 Å². The molecule has 0 bridgehead atoms. The lowest BCUT2D eigenvalue weighted by Gasteiger charge is -2.10. The van der Waals surface area contributed by atoms with Crippen molar-refractivity contribution in [1.29, 1.82) is 0 Å². The van der Waals surface area contributed by atoms with Crippen molar-refractivity contribution in [3.05, 3.63) is 64.5 Å². The molecule has 1 N–H and O–H groups in total. The zero-order valence-corrected chi connectivity index (χ0v) is 16.0. The van der Waals surface area contributed by atoms with E-state index in [1.165, 1.54) is 10.9 Å². The van der Waals surface area contributed by atoms with Crippen LogP contribution in [0.25, 0.3) is 16.9 Å². The van der Waals surface area contributed by atoms with Crippen molar-refractivity contribution in [3.8, 4) is 17.4 Å². The molecule has 0 atom stereocenters. The minimum absolute atomic E-state index is 0.00409. The van der Waals surface area contributed by atoms with Gasteiger partial charge in [0.25, 0.3) is 0 Å². The Labute approximate surface area is 161 Å². The Morgan fingerprint density at radius 3 is 2.64 bits per heavy atom. The summed E-state index contributed by atoms with van der Waals surface area (Å²) in [5.74, 6) is 0.581. The topological polar surface area (TPSA) is 90.4 Å². The monoisotopic (exact) mass is 377 g/mol. The summed E-state index contributed by atoms with van der Waals surface area (Å²) >= 11 is 0. The van der Waals surface area contributed by atoms with E-state index in [4.69, 9.17) is 9.15 Å². The second-order valence-corrected chi connectivity index (χ2v) is 6.69. The van der Waals surface area contributed by atoms with Gasteiger partial charge in [0.2, 0.25) is 5.88 Å². The van der Waals surface area contributed by atoms with Crippen LogP contribution in [0.5, 0.6) is 11.5 Å². The van der Waals surface area contributed by atoms with E-state index in [0.717, 1.165) is 11.1 Å². The molecule has 0 spiro atoms. The smallest absolute Gasteiger partial charge is 0.234 e. The Morgan fingerprint density at radius 2 is 1.96 bits per heavy atom. The maximum atomic E-state index is 13.5. The van der Waals surface area contributed by atoms with Crippen LogP contribution in [0.3, 0.4) is 0 Å². The molecule has 0 aliphatic rings. The zero-order valence-electron chi connectivity index (χ0n) is 16.0. The molecule has 0 aliphatic carbocycles. The highest BCUT2D eigenvalue weighted by atomic mass is 16.5. The Balaban J connectivity index is 2.00. The van der Waals surface area contributed by atoms with Gasteiger partial charge >= 0.3 is 0 Å². The summed E-state index contributed by atoms with van der Waals surface area (Å²) < 4.78 is 12.7. The average Bonchev–Trinajstić information content (AvgIpc) is 3.34. The van der Waals surface area contributed by atoms with Crippen LogP contribution in [0.15, 0.2) is 41.1 Å². The highest BCUT2D eigenvalue weighted by Gasteiger charge is 2.26. The first-order chi connectivity index (χ1) is 13.4. The van der Waals surface area contributed by atoms with Crippen LogP contribution < -0.4 is 4.74 Å². The van der Waals surface area contributed by atoms with Crippen molar-refractivity contribution in [2.45, 2.75) is 20.8 Å². The SMILES string of the molecule is COc1cc(C(=O)c2c(-n3ccnn3)oc3c(O)c(C)ccc23)cc(C)c1C. The molecule has 0 radical (unpaired) electrons. The number of ether oxygens (including phenoxy) is 1. The summed E-state index contributed by atoms with van der Waals surface area (Å²) in [4.78, 5) is 13.5. The minimum Gasteiger partial charge on any atom is -0.504 e. The van der Waals surface area contributed by atoms with Crippen LogP contribution >= 0.6 is 0 Å². The zero-order chi connectivity index (χ0) is 20.0. The quantitative estimate of drug-likeness (QED) is 0.543. The normalized spacial score (nSPS) is 11.1. The van der Waals surface area contributed by atoms with E-state index in [0.29, 0.717) is 27.8 Å². The standard InChI is InChI=1S/C21H19N3O4/c1-11-5-6-15-17(19(26)14-9-12(2)13(3)16(10-14)27-4)21(24-8-7-22-23-24)28-20(15)18(11)25/h5-10,25H,1-4H3. The largest absolute Gasteiger partial charge is 0.504 e. The van der Waals surface area contributed by atoms with Crippen molar-refractivity contribution in [2.24, 2.45) is 0 Å². The van der Waals surface area contributed by atoms with Gasteiger partial charge < -0.3 is 14.3 Å². The summed E-state index contributed by atoms with van der Waals surface area (Å²) in [5, 5.41) is 18.7. The fourth-order valence-electron chi connectivity index (χ4n) is 3.24. The summed E-state index contributed by atoms with van der Waals surface area (Å²) in [5.41, 5.74) is 3.57. The maximum Gasteiger partial charge on any atom is 0.234 e. The van der Waals surface area contributed by atoms with Gasteiger partial charge in [-0.15, -0.1) is 5.10 Å². The molecule has 7 nitrogen and oxygen atoms in total. The lowest BCUT2D eigenvalue weighted by Crippen LogP contribution is -2.07. The average molecular weight is 377 g/mol. The van der Waals surface area contributed by atoms with E-state index in [1.807, 2.05) is 19.9 Å². The fraction of sp³-hybridized carbons (Fsp3) is 0.190. The van der Waals surface area contributed by atoms with Crippen molar-refractivity contribution in [3.63, 3.8) is 0 Å². The van der Waals surface area contributed by atoms with Crippen molar-refractivity contribution < 1.29 is 19.1 Å². The van der Waals surface area contributed by atoms with E-state index >= 15 is 0 Å². The Morgan fingerprint density at radius 1 is 1.18 bits per heavy atom. The number of nitrogens with zero attached hydrogens (tertiary/aromatic N) is 3. The lowest BCUT2D eigenvalue weighted by molar-refractivity contribution is 0.103. The van der Waals surface area contributed by atoms with Crippen LogP contribution in [0.4, 0.5) is 0 Å². The van der Waals surface area contributed by atoms with Gasteiger partial charge in [0.05, 0.1) is 25.1 Å². The van der Waals surface area contributed by atoms with Gasteiger partial charge in [0.15, 0.2) is 17.1 Å². The van der Waals surface area contributed by atoms with Gasteiger partial charge in [0.1, 0.15) is 5.75 Å². The number of phenolic OH excluding ortho intramolecular Hbond substituents is 1. The molecule has 4 rings (SSSR count). The first-order valence-corrected chi connectivity index (χ1v) is 8.74. The Kier molecular flexibility index (Phi) is 4.15. The summed E-state index contributed by atoms with van der Waals surface area (Å²) in [6.45, 7) is 5.63. The first-order valence-electron chi connectivity index (χ1n) is 8.74. The van der Waals surface area contributed by atoms with Crippen LogP contribution in [-0.4, -0.2) is 33.0 Å². The third-order valence-electron chi connectivity index (χ3n) is 4.97. The van der Waals surface area contributed by atoms with Crippen LogP contribution in [0.2, 0.25) is 0 Å². The number of aryl methyl sites for hydroxylation is 2. The van der Waals surface area contributed by atoms with Crippen LogP contribution in [0.1, 0.15) is 32.6 Å². The molecule has 0 fully saturated rings. The van der Waals surface area contributed by atoms with Gasteiger partial charge in [-0.1, -0.05) is 11.3 Å². The van der Waals surface area contributed by atoms with Crippen LogP contribution in [-0.2, 0) is 0 Å². The molecule has 2 aromatic carbocycles. The molecule has 2 aromatic heterocycles. The highest BCUT2D eigenvalue weighted by molar-refractivity contribution is 6.19. The van der Waals surface area contributed by atoms with Crippen LogP contribution in [0, 0.1) is 20.8 Å². The third-order valence-corrected chi connectivity index (χ3v) is 4.97. The number of carbonyl (C=O) groups excluding carboxylic acids is 1. The van der Waals surface area contributed by atoms with E-state index in [9.17, 15) is 9.90 Å². The highest BCUT2D eigenvalue weighted by Crippen LogP contribution is 2.37. The Hall–Kier alpha value is -3.61. The molecular weight excluding hydrogens is 358 g/mol. The van der Waals surface area contributed by atoms with Crippen molar-refractivity contribution in [2.75, 3.05) is 7.11 Å². The minimum atomic E-state index is -0.256. The number of carbonyl (C=O) groups is 1. The molecule has 28 heavy (non-hydrogen) atoms. The lowest BCUT2D eigenvalue weighted by atomic mass is 9.97. The molecule has 0 saturated carbocycles. The fourth-order valence-corrected chi connectivity index (χ4v) is 3.24. The molecule has 0 saturated heterocycles. The maximum absolute atomic E-state index is 13.5. The van der Waals surface area contributed by atoms with E-state index in [2.05, 4.69) is 10.3 Å². The number of hydrogen-bond donors (Lipinski definition) is 1. The molecule has 0 amide bonds. The second-order valence-electron chi connectivity index (χ2n) is 6.69. The summed E-state index contributed by atoms with van der Waals surface area (Å²) in [6, 6.07) is 7.04. The van der Waals surface area contributed by atoms with E-state index < -0.39 is 0 Å². The molecule has 0 unspecified atom stereocenters. The predicted octanol–water partition coefficient (Wildman–Crippen LogP) is 3.88. The Bertz CT molecular complexity index is 1210. The predicted molar refractivity (Wildman–Crippen MR) is 103 cm³/mol. The molecule has 0 aliphatic heterocycles. The third kappa shape index (κ3) is 2.63. The van der Waals surface area contributed by atoms with Gasteiger partial charge in [-0.3, -0.25) is 4.79 Å². The second kappa shape index (κ2) is 6.53. The number of benzene rings is 2. The molecule has 2 heterocycles. The van der Waals surface area contributed by atoms with E-state index in [1.54, 1.807) is 38.4 Å². The number of aromatic nitrogens is 3.